The summed E-state index contributed by atoms with van der Waals surface area (Å²) in [6, 6.07) is 11.1. The van der Waals surface area contributed by atoms with E-state index in [0.717, 1.165) is 42.9 Å². The Morgan fingerprint density at radius 2 is 1.94 bits per heavy atom. The minimum atomic E-state index is -0.241. The number of anilines is 1. The molecule has 0 saturated carbocycles. The lowest BCUT2D eigenvalue weighted by atomic mass is 9.91. The second kappa shape index (κ2) is 9.63. The van der Waals surface area contributed by atoms with Crippen LogP contribution in [0.4, 0.5) is 5.69 Å². The third-order valence-electron chi connectivity index (χ3n) is 5.83. The smallest absolute Gasteiger partial charge is 0.259 e. The molecule has 2 aromatic carbocycles. The van der Waals surface area contributed by atoms with Crippen molar-refractivity contribution in [3.05, 3.63) is 64.4 Å². The van der Waals surface area contributed by atoms with E-state index in [1.54, 1.807) is 38.6 Å². The fourth-order valence-corrected chi connectivity index (χ4v) is 4.22. The Bertz CT molecular complexity index is 1120. The Morgan fingerprint density at radius 1 is 1.16 bits per heavy atom. The highest BCUT2D eigenvalue weighted by molar-refractivity contribution is 6.31. The van der Waals surface area contributed by atoms with Crippen LogP contribution in [0.1, 0.15) is 40.4 Å². The van der Waals surface area contributed by atoms with Crippen LogP contribution in [0.15, 0.2) is 42.6 Å². The monoisotopic (exact) mass is 454 g/mol. The van der Waals surface area contributed by atoms with Gasteiger partial charge in [0.05, 0.1) is 43.0 Å². The Kier molecular flexibility index (Phi) is 6.67. The molecule has 168 valence electrons. The lowest BCUT2D eigenvalue weighted by molar-refractivity contribution is 0.102. The highest BCUT2D eigenvalue weighted by Gasteiger charge is 2.27. The molecular weight excluding hydrogens is 428 g/mol. The van der Waals surface area contributed by atoms with E-state index in [1.807, 2.05) is 29.8 Å². The van der Waals surface area contributed by atoms with Gasteiger partial charge in [0, 0.05) is 17.0 Å². The quantitative estimate of drug-likeness (QED) is 0.570. The number of nitrogens with one attached hydrogen (secondary N) is 2. The average molecular weight is 455 g/mol. The number of methoxy groups -OCH3 is 2. The van der Waals surface area contributed by atoms with E-state index in [0.29, 0.717) is 27.8 Å². The maximum atomic E-state index is 13.4. The van der Waals surface area contributed by atoms with Gasteiger partial charge in [0.2, 0.25) is 0 Å². The Hall–Kier alpha value is -3.03. The first-order valence-electron chi connectivity index (χ1n) is 10.6. The lowest BCUT2D eigenvalue weighted by Gasteiger charge is -2.25. The van der Waals surface area contributed by atoms with Gasteiger partial charge in [-0.2, -0.15) is 5.10 Å². The molecule has 0 bridgehead atoms. The largest absolute Gasteiger partial charge is 0.497 e. The average Bonchev–Trinajstić information content (AvgIpc) is 3.26. The van der Waals surface area contributed by atoms with E-state index >= 15 is 0 Å². The maximum absolute atomic E-state index is 13.4. The first-order chi connectivity index (χ1) is 15.5. The number of amides is 1. The highest BCUT2D eigenvalue weighted by Crippen LogP contribution is 2.33. The molecule has 32 heavy (non-hydrogen) atoms. The number of halogens is 1. The summed E-state index contributed by atoms with van der Waals surface area (Å²) < 4.78 is 12.6. The summed E-state index contributed by atoms with van der Waals surface area (Å²) in [5.74, 6) is 1.14. The number of ether oxygens (including phenoxy) is 2. The third kappa shape index (κ3) is 4.45. The summed E-state index contributed by atoms with van der Waals surface area (Å²) in [6.45, 7) is 3.76. The second-order valence-corrected chi connectivity index (χ2v) is 8.24. The van der Waals surface area contributed by atoms with Gasteiger partial charge in [-0.3, -0.25) is 4.79 Å². The maximum Gasteiger partial charge on any atom is 0.259 e. The van der Waals surface area contributed by atoms with Gasteiger partial charge in [-0.15, -0.1) is 0 Å². The number of carbonyl (C=O) groups excluding carboxylic acids is 1. The van der Waals surface area contributed by atoms with Crippen LogP contribution >= 0.6 is 11.6 Å². The van der Waals surface area contributed by atoms with Gasteiger partial charge in [0.1, 0.15) is 11.5 Å². The Labute approximate surface area is 192 Å². The van der Waals surface area contributed by atoms with Crippen molar-refractivity contribution < 1.29 is 14.3 Å². The zero-order valence-corrected chi connectivity index (χ0v) is 19.2. The number of nitrogens with zero attached hydrogens (tertiary/aromatic N) is 2. The molecule has 0 atom stereocenters. The summed E-state index contributed by atoms with van der Waals surface area (Å²) in [7, 11) is 3.15. The molecule has 1 amide bonds. The molecule has 2 N–H and O–H groups in total. The number of hydrogen-bond acceptors (Lipinski definition) is 5. The number of hydrogen-bond donors (Lipinski definition) is 2. The Balaban J connectivity index is 1.74. The SMILES string of the molecule is COc1ccc(OC)c(NC(=O)c2cnn(-c3ccc(C)c(Cl)c3)c2C2CCNCC2)c1. The van der Waals surface area contributed by atoms with Crippen LogP contribution in [0.3, 0.4) is 0 Å². The minimum absolute atomic E-state index is 0.201. The summed E-state index contributed by atoms with van der Waals surface area (Å²) in [6.07, 6.45) is 3.48. The predicted molar refractivity (Wildman–Crippen MR) is 126 cm³/mol. The minimum Gasteiger partial charge on any atom is -0.497 e. The number of aromatic nitrogens is 2. The number of carbonyl (C=O) groups is 1. The van der Waals surface area contributed by atoms with Gasteiger partial charge in [0.25, 0.3) is 5.91 Å². The van der Waals surface area contributed by atoms with E-state index < -0.39 is 0 Å². The van der Waals surface area contributed by atoms with E-state index in [-0.39, 0.29) is 11.8 Å². The lowest BCUT2D eigenvalue weighted by Crippen LogP contribution is -2.29. The van der Waals surface area contributed by atoms with E-state index in [2.05, 4.69) is 15.7 Å². The van der Waals surface area contributed by atoms with Crippen LogP contribution in [-0.2, 0) is 0 Å². The van der Waals surface area contributed by atoms with Crippen LogP contribution in [0.25, 0.3) is 5.69 Å². The second-order valence-electron chi connectivity index (χ2n) is 7.83. The number of benzene rings is 2. The van der Waals surface area contributed by atoms with Gasteiger partial charge in [-0.25, -0.2) is 4.68 Å². The van der Waals surface area contributed by atoms with Crippen molar-refractivity contribution in [2.24, 2.45) is 0 Å². The van der Waals surface area contributed by atoms with Crippen molar-refractivity contribution in [3.8, 4) is 17.2 Å². The van der Waals surface area contributed by atoms with Crippen molar-refractivity contribution in [1.29, 1.82) is 0 Å². The molecule has 0 unspecified atom stereocenters. The van der Waals surface area contributed by atoms with Crippen LogP contribution in [0.5, 0.6) is 11.5 Å². The van der Waals surface area contributed by atoms with Crippen molar-refractivity contribution in [1.82, 2.24) is 15.1 Å². The van der Waals surface area contributed by atoms with Crippen molar-refractivity contribution in [2.45, 2.75) is 25.7 Å². The van der Waals surface area contributed by atoms with Crippen molar-refractivity contribution in [2.75, 3.05) is 32.6 Å². The molecule has 7 nitrogen and oxygen atoms in total. The summed E-state index contributed by atoms with van der Waals surface area (Å²) in [4.78, 5) is 13.4. The zero-order valence-electron chi connectivity index (χ0n) is 18.4. The molecular formula is C24H27ClN4O3. The molecule has 8 heteroatoms. The summed E-state index contributed by atoms with van der Waals surface area (Å²) in [5, 5.41) is 11.6. The highest BCUT2D eigenvalue weighted by atomic mass is 35.5. The van der Waals surface area contributed by atoms with Gasteiger partial charge < -0.3 is 20.1 Å². The van der Waals surface area contributed by atoms with E-state index in [4.69, 9.17) is 21.1 Å². The molecule has 4 rings (SSSR count). The normalized spacial score (nSPS) is 14.2. The molecule has 1 aliphatic rings. The van der Waals surface area contributed by atoms with Crippen molar-refractivity contribution >= 4 is 23.2 Å². The van der Waals surface area contributed by atoms with Gasteiger partial charge in [-0.1, -0.05) is 17.7 Å². The fourth-order valence-electron chi connectivity index (χ4n) is 4.04. The van der Waals surface area contributed by atoms with Gasteiger partial charge in [0.15, 0.2) is 0 Å². The molecule has 2 heterocycles. The molecule has 1 fully saturated rings. The summed E-state index contributed by atoms with van der Waals surface area (Å²) in [5.41, 5.74) is 3.81. The fraction of sp³-hybridized carbons (Fsp3) is 0.333. The molecule has 3 aromatic rings. The van der Waals surface area contributed by atoms with E-state index in [9.17, 15) is 4.79 Å². The molecule has 1 aliphatic heterocycles. The van der Waals surface area contributed by atoms with Crippen molar-refractivity contribution in [3.63, 3.8) is 0 Å². The van der Waals surface area contributed by atoms with E-state index in [1.165, 1.54) is 0 Å². The Morgan fingerprint density at radius 3 is 2.62 bits per heavy atom. The number of aryl methyl sites for hydroxylation is 1. The molecule has 1 saturated heterocycles. The number of rotatable bonds is 6. The number of piperidine rings is 1. The first kappa shape index (κ1) is 22.2. The van der Waals surface area contributed by atoms with Gasteiger partial charge >= 0.3 is 0 Å². The molecule has 1 aromatic heterocycles. The summed E-state index contributed by atoms with van der Waals surface area (Å²) >= 11 is 6.38. The topological polar surface area (TPSA) is 77.4 Å². The van der Waals surface area contributed by atoms with Gasteiger partial charge in [-0.05, 0) is 62.7 Å². The van der Waals surface area contributed by atoms with Crippen LogP contribution in [-0.4, -0.2) is 43.0 Å². The van der Waals surface area contributed by atoms with Crippen LogP contribution in [0.2, 0.25) is 5.02 Å². The predicted octanol–water partition coefficient (Wildman–Crippen LogP) is 4.57. The standard InChI is InChI=1S/C24H27ClN4O3/c1-15-4-5-17(12-20(15)25)29-23(16-8-10-26-11-9-16)19(14-27-29)24(30)28-21-13-18(31-2)6-7-22(21)32-3/h4-7,12-14,16,26H,8-11H2,1-3H3,(H,28,30). The molecule has 0 spiro atoms. The third-order valence-corrected chi connectivity index (χ3v) is 6.24. The molecule has 0 aliphatic carbocycles. The zero-order chi connectivity index (χ0) is 22.7. The first-order valence-corrected chi connectivity index (χ1v) is 11.0. The molecule has 0 radical (unpaired) electrons. The van der Waals surface area contributed by atoms with Crippen LogP contribution in [0, 0.1) is 6.92 Å². The van der Waals surface area contributed by atoms with Crippen LogP contribution < -0.4 is 20.1 Å².